The Morgan fingerprint density at radius 3 is 2.88 bits per heavy atom. The molecule has 1 aliphatic heterocycles. The molecule has 2 fully saturated rings. The van der Waals surface area contributed by atoms with E-state index in [1.807, 2.05) is 6.07 Å². The second-order valence-corrected chi connectivity index (χ2v) is 7.37. The fourth-order valence-corrected chi connectivity index (χ4v) is 3.84. The minimum atomic E-state index is -0.268. The Morgan fingerprint density at radius 2 is 2.12 bits per heavy atom. The van der Waals surface area contributed by atoms with Gasteiger partial charge in [-0.3, -0.25) is 9.59 Å². The van der Waals surface area contributed by atoms with Gasteiger partial charge in [0.2, 0.25) is 17.6 Å². The molecule has 1 aromatic heterocycles. The molecule has 0 bridgehead atoms. The SMILES string of the molecule is O=C1C[C@H](C(=O)C[C@@H]2CCc3cc(-c4noc(C5CC5)n4)ccc32)N1. The summed E-state index contributed by atoms with van der Waals surface area (Å²) >= 11 is 0. The summed E-state index contributed by atoms with van der Waals surface area (Å²) in [5.74, 6) is 2.23. The van der Waals surface area contributed by atoms with E-state index in [-0.39, 0.29) is 23.7 Å². The molecule has 5 rings (SSSR count). The first kappa shape index (κ1) is 14.8. The predicted molar refractivity (Wildman–Crippen MR) is 88.9 cm³/mol. The summed E-state index contributed by atoms with van der Waals surface area (Å²) in [4.78, 5) is 27.7. The van der Waals surface area contributed by atoms with Crippen LogP contribution in [0.3, 0.4) is 0 Å². The van der Waals surface area contributed by atoms with Gasteiger partial charge in [0.25, 0.3) is 0 Å². The zero-order chi connectivity index (χ0) is 17.0. The zero-order valence-electron chi connectivity index (χ0n) is 13.8. The summed E-state index contributed by atoms with van der Waals surface area (Å²) in [6.07, 6.45) is 5.08. The van der Waals surface area contributed by atoms with Crippen LogP contribution in [0.1, 0.15) is 61.0 Å². The maximum absolute atomic E-state index is 12.3. The Hall–Kier alpha value is -2.50. The number of aryl methyl sites for hydroxylation is 1. The zero-order valence-corrected chi connectivity index (χ0v) is 13.8. The third-order valence-electron chi connectivity index (χ3n) is 5.53. The second-order valence-electron chi connectivity index (χ2n) is 7.37. The lowest BCUT2D eigenvalue weighted by molar-refractivity contribution is -0.136. The van der Waals surface area contributed by atoms with E-state index in [2.05, 4.69) is 27.6 Å². The fourth-order valence-electron chi connectivity index (χ4n) is 3.84. The number of carbonyl (C=O) groups excluding carboxylic acids is 2. The van der Waals surface area contributed by atoms with Crippen molar-refractivity contribution in [1.29, 1.82) is 0 Å². The topological polar surface area (TPSA) is 85.1 Å². The Bertz CT molecular complexity index is 861. The molecular weight excluding hydrogens is 318 g/mol. The van der Waals surface area contributed by atoms with Crippen LogP contribution in [0.5, 0.6) is 0 Å². The molecule has 0 spiro atoms. The number of nitrogens with one attached hydrogen (secondary N) is 1. The van der Waals surface area contributed by atoms with Gasteiger partial charge < -0.3 is 9.84 Å². The molecule has 0 radical (unpaired) electrons. The number of amides is 1. The first-order valence-electron chi connectivity index (χ1n) is 8.96. The monoisotopic (exact) mass is 337 g/mol. The van der Waals surface area contributed by atoms with Crippen LogP contribution in [0.4, 0.5) is 0 Å². The highest BCUT2D eigenvalue weighted by atomic mass is 16.5. The largest absolute Gasteiger partial charge is 0.346 e. The number of nitrogens with zero attached hydrogens (tertiary/aromatic N) is 2. The van der Waals surface area contributed by atoms with E-state index in [0.717, 1.165) is 37.1 Å². The number of hydrogen-bond acceptors (Lipinski definition) is 5. The average Bonchev–Trinajstić information content (AvgIpc) is 3.18. The molecule has 2 aliphatic carbocycles. The van der Waals surface area contributed by atoms with Crippen molar-refractivity contribution in [2.45, 2.75) is 56.4 Å². The van der Waals surface area contributed by atoms with Gasteiger partial charge in [-0.15, -0.1) is 0 Å². The molecule has 2 atom stereocenters. The Labute approximate surface area is 145 Å². The number of β-lactam (4-membered cyclic amide) rings is 1. The predicted octanol–water partition coefficient (Wildman–Crippen LogP) is 2.49. The summed E-state index contributed by atoms with van der Waals surface area (Å²) in [5, 5.41) is 6.78. The lowest BCUT2D eigenvalue weighted by Gasteiger charge is -2.26. The van der Waals surface area contributed by atoms with E-state index >= 15 is 0 Å². The van der Waals surface area contributed by atoms with Gasteiger partial charge >= 0.3 is 0 Å². The first-order valence-corrected chi connectivity index (χ1v) is 8.96. The van der Waals surface area contributed by atoms with E-state index in [0.29, 0.717) is 24.6 Å². The van der Waals surface area contributed by atoms with E-state index in [1.54, 1.807) is 0 Å². The molecule has 1 N–H and O–H groups in total. The maximum Gasteiger partial charge on any atom is 0.230 e. The minimum absolute atomic E-state index is 0.0273. The van der Waals surface area contributed by atoms with Gasteiger partial charge in [0, 0.05) is 17.9 Å². The average molecular weight is 337 g/mol. The van der Waals surface area contributed by atoms with Crippen LogP contribution in [0.15, 0.2) is 22.7 Å². The first-order chi connectivity index (χ1) is 12.2. The van der Waals surface area contributed by atoms with Gasteiger partial charge in [-0.1, -0.05) is 17.3 Å². The smallest absolute Gasteiger partial charge is 0.230 e. The Morgan fingerprint density at radius 1 is 1.28 bits per heavy atom. The third kappa shape index (κ3) is 2.65. The third-order valence-corrected chi connectivity index (χ3v) is 5.53. The summed E-state index contributed by atoms with van der Waals surface area (Å²) in [6, 6.07) is 5.99. The van der Waals surface area contributed by atoms with Gasteiger partial charge in [-0.05, 0) is 48.8 Å². The second kappa shape index (κ2) is 5.51. The lowest BCUT2D eigenvalue weighted by atomic mass is 9.89. The van der Waals surface area contributed by atoms with Crippen molar-refractivity contribution in [3.05, 3.63) is 35.2 Å². The molecule has 128 valence electrons. The Kier molecular flexibility index (Phi) is 3.26. The van der Waals surface area contributed by atoms with Crippen molar-refractivity contribution in [3.63, 3.8) is 0 Å². The van der Waals surface area contributed by atoms with Crippen molar-refractivity contribution in [2.24, 2.45) is 0 Å². The van der Waals surface area contributed by atoms with E-state index < -0.39 is 0 Å². The summed E-state index contributed by atoms with van der Waals surface area (Å²) < 4.78 is 5.35. The molecule has 6 heteroatoms. The number of Topliss-reactive ketones (excluding diaryl/α,β-unsaturated/α-hetero) is 1. The molecule has 2 aromatic rings. The van der Waals surface area contributed by atoms with Crippen molar-refractivity contribution in [3.8, 4) is 11.4 Å². The van der Waals surface area contributed by atoms with Crippen molar-refractivity contribution < 1.29 is 14.1 Å². The van der Waals surface area contributed by atoms with Crippen LogP contribution in [-0.4, -0.2) is 27.9 Å². The molecule has 0 unspecified atom stereocenters. The molecule has 25 heavy (non-hydrogen) atoms. The van der Waals surface area contributed by atoms with E-state index in [1.165, 1.54) is 11.1 Å². The quantitative estimate of drug-likeness (QED) is 0.847. The van der Waals surface area contributed by atoms with E-state index in [4.69, 9.17) is 4.52 Å². The number of fused-ring (bicyclic) bond motifs is 1. The van der Waals surface area contributed by atoms with Gasteiger partial charge in [0.05, 0.1) is 12.5 Å². The lowest BCUT2D eigenvalue weighted by Crippen LogP contribution is -2.53. The van der Waals surface area contributed by atoms with Crippen LogP contribution >= 0.6 is 0 Å². The van der Waals surface area contributed by atoms with Crippen LogP contribution in [0.25, 0.3) is 11.4 Å². The van der Waals surface area contributed by atoms with Crippen LogP contribution < -0.4 is 5.32 Å². The van der Waals surface area contributed by atoms with Gasteiger partial charge in [-0.2, -0.15) is 4.98 Å². The summed E-state index contributed by atoms with van der Waals surface area (Å²) in [5.41, 5.74) is 3.49. The van der Waals surface area contributed by atoms with E-state index in [9.17, 15) is 9.59 Å². The number of hydrogen-bond donors (Lipinski definition) is 1. The molecule has 1 amide bonds. The summed E-state index contributed by atoms with van der Waals surface area (Å²) in [7, 11) is 0. The van der Waals surface area contributed by atoms with Crippen LogP contribution in [0, 0.1) is 0 Å². The van der Waals surface area contributed by atoms with Crippen LogP contribution in [0.2, 0.25) is 0 Å². The Balaban J connectivity index is 1.32. The van der Waals surface area contributed by atoms with Crippen molar-refractivity contribution in [2.75, 3.05) is 0 Å². The van der Waals surface area contributed by atoms with Gasteiger partial charge in [0.15, 0.2) is 5.78 Å². The molecule has 2 heterocycles. The van der Waals surface area contributed by atoms with Crippen molar-refractivity contribution in [1.82, 2.24) is 15.5 Å². The number of rotatable bonds is 5. The highest BCUT2D eigenvalue weighted by Crippen LogP contribution is 2.41. The highest BCUT2D eigenvalue weighted by molar-refractivity contribution is 5.98. The fraction of sp³-hybridized carbons (Fsp3) is 0.474. The maximum atomic E-state index is 12.3. The normalized spacial score (nSPS) is 24.6. The molecule has 6 nitrogen and oxygen atoms in total. The van der Waals surface area contributed by atoms with Crippen molar-refractivity contribution >= 4 is 11.7 Å². The molecule has 3 aliphatic rings. The minimum Gasteiger partial charge on any atom is -0.346 e. The number of carbonyl (C=O) groups is 2. The standard InChI is InChI=1S/C19H19N3O3/c23-16(15-9-17(24)20-15)8-12-4-3-11-7-13(5-6-14(11)12)18-21-19(25-22-18)10-1-2-10/h5-7,10,12,15H,1-4,8-9H2,(H,20,24)/t12-,15+/m0/s1. The summed E-state index contributed by atoms with van der Waals surface area (Å²) in [6.45, 7) is 0. The highest BCUT2D eigenvalue weighted by Gasteiger charge is 2.34. The molecule has 1 aromatic carbocycles. The van der Waals surface area contributed by atoms with Gasteiger partial charge in [0.1, 0.15) is 0 Å². The van der Waals surface area contributed by atoms with Gasteiger partial charge in [-0.25, -0.2) is 0 Å². The number of benzene rings is 1. The molecular formula is C19H19N3O3. The molecule has 1 saturated carbocycles. The molecule has 1 saturated heterocycles. The van der Waals surface area contributed by atoms with Crippen LogP contribution in [-0.2, 0) is 16.0 Å². The number of ketones is 1. The number of aromatic nitrogens is 2.